The average molecular weight is 366 g/mol. The molecule has 6 heteroatoms. The zero-order chi connectivity index (χ0) is 18.9. The minimum atomic E-state index is -0.561. The van der Waals surface area contributed by atoms with Crippen molar-refractivity contribution in [3.8, 4) is 0 Å². The van der Waals surface area contributed by atoms with E-state index in [9.17, 15) is 4.79 Å². The molecule has 0 unspecified atom stereocenters. The van der Waals surface area contributed by atoms with Crippen LogP contribution in [0.1, 0.15) is 54.5 Å². The van der Waals surface area contributed by atoms with Gasteiger partial charge in [-0.1, -0.05) is 31.0 Å². The Morgan fingerprint density at radius 2 is 2.04 bits per heavy atom. The van der Waals surface area contributed by atoms with Crippen LogP contribution >= 0.6 is 0 Å². The van der Waals surface area contributed by atoms with Gasteiger partial charge in [-0.15, -0.1) is 0 Å². The van der Waals surface area contributed by atoms with Crippen molar-refractivity contribution in [1.82, 2.24) is 5.32 Å². The third-order valence-corrected chi connectivity index (χ3v) is 5.67. The molecule has 1 aromatic carbocycles. The first kappa shape index (κ1) is 17.6. The maximum atomic E-state index is 11.2. The fourth-order valence-electron chi connectivity index (χ4n) is 4.44. The molecule has 142 valence electrons. The summed E-state index contributed by atoms with van der Waals surface area (Å²) in [5.74, 6) is 1.09. The molecule has 1 aliphatic heterocycles. The van der Waals surface area contributed by atoms with Crippen LogP contribution in [-0.2, 0) is 12.0 Å². The lowest BCUT2D eigenvalue weighted by atomic mass is 9.81. The molecular weight excluding hydrogens is 340 g/mol. The number of fused-ring (bicyclic) bond motifs is 2. The summed E-state index contributed by atoms with van der Waals surface area (Å²) >= 11 is 0. The van der Waals surface area contributed by atoms with Gasteiger partial charge in [0, 0.05) is 24.2 Å². The van der Waals surface area contributed by atoms with Crippen LogP contribution in [0.25, 0.3) is 0 Å². The van der Waals surface area contributed by atoms with E-state index in [0.717, 1.165) is 19.0 Å². The smallest absolute Gasteiger partial charge is 0.284 e. The van der Waals surface area contributed by atoms with E-state index in [1.165, 1.54) is 36.9 Å². The Bertz CT molecular complexity index is 865. The number of benzene rings is 1. The molecule has 1 spiro atoms. The lowest BCUT2D eigenvalue weighted by Gasteiger charge is -2.26. The molecule has 1 saturated carbocycles. The van der Waals surface area contributed by atoms with Gasteiger partial charge in [0.15, 0.2) is 11.7 Å². The third-order valence-electron chi connectivity index (χ3n) is 5.67. The molecule has 6 nitrogen and oxygen atoms in total. The Morgan fingerprint density at radius 1 is 1.26 bits per heavy atom. The van der Waals surface area contributed by atoms with Crippen LogP contribution in [0.5, 0.6) is 0 Å². The Labute approximate surface area is 159 Å². The molecule has 1 amide bonds. The van der Waals surface area contributed by atoms with Gasteiger partial charge >= 0.3 is 0 Å². The molecule has 0 atom stereocenters. The number of carbonyl (C=O) groups excluding carboxylic acids is 1. The second kappa shape index (κ2) is 7.10. The second-order valence-electron chi connectivity index (χ2n) is 7.39. The van der Waals surface area contributed by atoms with E-state index in [2.05, 4.69) is 41.4 Å². The second-order valence-corrected chi connectivity index (χ2v) is 7.39. The molecule has 2 heterocycles. The normalized spacial score (nSPS) is 18.1. The first-order valence-electron chi connectivity index (χ1n) is 9.67. The van der Waals surface area contributed by atoms with Gasteiger partial charge in [-0.2, -0.15) is 0 Å². The Hall–Kier alpha value is -2.76. The van der Waals surface area contributed by atoms with Crippen molar-refractivity contribution in [3.63, 3.8) is 0 Å². The van der Waals surface area contributed by atoms with Crippen molar-refractivity contribution in [2.75, 3.05) is 18.0 Å². The van der Waals surface area contributed by atoms with Crippen LogP contribution < -0.4 is 16.0 Å². The molecule has 0 saturated heterocycles. The Kier molecular flexibility index (Phi) is 4.64. The van der Waals surface area contributed by atoms with Crippen molar-refractivity contribution < 1.29 is 9.21 Å². The Morgan fingerprint density at radius 3 is 2.74 bits per heavy atom. The predicted octanol–water partition coefficient (Wildman–Crippen LogP) is 3.18. The number of hydrogen-bond acceptors (Lipinski definition) is 3. The number of primary amides is 1. The summed E-state index contributed by atoms with van der Waals surface area (Å²) in [4.78, 5) is 18.3. The van der Waals surface area contributed by atoms with Gasteiger partial charge in [0.05, 0.1) is 0 Å². The van der Waals surface area contributed by atoms with E-state index in [4.69, 9.17) is 15.1 Å². The molecule has 3 N–H and O–H groups in total. The number of hydrogen-bond donors (Lipinski definition) is 2. The number of rotatable bonds is 4. The zero-order valence-electron chi connectivity index (χ0n) is 15.7. The number of aliphatic imine (C=N–C) groups is 1. The predicted molar refractivity (Wildman–Crippen MR) is 106 cm³/mol. The quantitative estimate of drug-likeness (QED) is 0.643. The first-order chi connectivity index (χ1) is 13.1. The molecule has 0 radical (unpaired) electrons. The van der Waals surface area contributed by atoms with Crippen LogP contribution in [0.4, 0.5) is 5.69 Å². The monoisotopic (exact) mass is 366 g/mol. The highest BCUT2D eigenvalue weighted by molar-refractivity contribution is 5.98. The van der Waals surface area contributed by atoms with Crippen LogP contribution in [0.15, 0.2) is 45.8 Å². The number of anilines is 1. The molecule has 1 aromatic heterocycles. The topological polar surface area (TPSA) is 83.9 Å². The minimum absolute atomic E-state index is 0.168. The lowest BCUT2D eigenvalue weighted by molar-refractivity contribution is 0.0972. The summed E-state index contributed by atoms with van der Waals surface area (Å²) in [6.45, 7) is 4.18. The van der Waals surface area contributed by atoms with E-state index in [-0.39, 0.29) is 11.2 Å². The van der Waals surface area contributed by atoms with Crippen molar-refractivity contribution in [2.24, 2.45) is 10.7 Å². The highest BCUT2D eigenvalue weighted by Gasteiger charge is 2.45. The summed E-state index contributed by atoms with van der Waals surface area (Å²) in [6.07, 6.45) is 5.05. The lowest BCUT2D eigenvalue weighted by Crippen LogP contribution is -2.43. The third kappa shape index (κ3) is 3.20. The number of guanidine groups is 1. The summed E-state index contributed by atoms with van der Waals surface area (Å²) in [5, 5.41) is 3.41. The standard InChI is InChI=1S/C21H26N4O2/c1-2-23-20(24-13-15-9-10-18(27-15)19(22)26)25-14-21(11-5-6-12-21)16-7-3-4-8-17(16)25/h3-4,7-10H,2,5-6,11-14H2,1H3,(H2,22,26)(H,23,24). The maximum Gasteiger partial charge on any atom is 0.284 e. The summed E-state index contributed by atoms with van der Waals surface area (Å²) in [7, 11) is 0. The van der Waals surface area contributed by atoms with Crippen LogP contribution in [-0.4, -0.2) is 25.0 Å². The average Bonchev–Trinajstić information content (AvgIpc) is 3.40. The number of nitrogens with zero attached hydrogens (tertiary/aromatic N) is 2. The fourth-order valence-corrected chi connectivity index (χ4v) is 4.44. The van der Waals surface area contributed by atoms with E-state index in [1.54, 1.807) is 12.1 Å². The summed E-state index contributed by atoms with van der Waals surface area (Å²) in [6, 6.07) is 12.0. The van der Waals surface area contributed by atoms with Crippen LogP contribution in [0.3, 0.4) is 0 Å². The van der Waals surface area contributed by atoms with Crippen molar-refractivity contribution in [1.29, 1.82) is 0 Å². The first-order valence-corrected chi connectivity index (χ1v) is 9.67. The van der Waals surface area contributed by atoms with E-state index in [1.807, 2.05) is 0 Å². The van der Waals surface area contributed by atoms with Gasteiger partial charge in [0.2, 0.25) is 0 Å². The number of nitrogens with two attached hydrogens (primary N) is 1. The van der Waals surface area contributed by atoms with Gasteiger partial charge in [-0.25, -0.2) is 4.99 Å². The summed E-state index contributed by atoms with van der Waals surface area (Å²) in [5.41, 5.74) is 8.20. The maximum absolute atomic E-state index is 11.2. The molecule has 1 fully saturated rings. The molecule has 1 aliphatic carbocycles. The van der Waals surface area contributed by atoms with Crippen molar-refractivity contribution in [3.05, 3.63) is 53.5 Å². The van der Waals surface area contributed by atoms with Crippen LogP contribution in [0.2, 0.25) is 0 Å². The number of furan rings is 1. The number of amides is 1. The number of carbonyl (C=O) groups is 1. The zero-order valence-corrected chi connectivity index (χ0v) is 15.7. The molecule has 27 heavy (non-hydrogen) atoms. The molecule has 2 aliphatic rings. The minimum Gasteiger partial charge on any atom is -0.454 e. The number of nitrogens with one attached hydrogen (secondary N) is 1. The van der Waals surface area contributed by atoms with Gasteiger partial charge in [0.1, 0.15) is 12.3 Å². The van der Waals surface area contributed by atoms with Crippen LogP contribution in [0, 0.1) is 0 Å². The molecule has 2 aromatic rings. The number of para-hydroxylation sites is 1. The van der Waals surface area contributed by atoms with Gasteiger partial charge < -0.3 is 20.4 Å². The fraction of sp³-hybridized carbons (Fsp3) is 0.429. The summed E-state index contributed by atoms with van der Waals surface area (Å²) < 4.78 is 5.47. The molecular formula is C21H26N4O2. The highest BCUT2D eigenvalue weighted by Crippen LogP contribution is 2.50. The van der Waals surface area contributed by atoms with E-state index < -0.39 is 5.91 Å². The van der Waals surface area contributed by atoms with Gasteiger partial charge in [-0.3, -0.25) is 4.79 Å². The van der Waals surface area contributed by atoms with E-state index >= 15 is 0 Å². The van der Waals surface area contributed by atoms with E-state index in [0.29, 0.717) is 12.3 Å². The molecule has 0 bridgehead atoms. The van der Waals surface area contributed by atoms with Gasteiger partial charge in [-0.05, 0) is 43.5 Å². The van der Waals surface area contributed by atoms with Gasteiger partial charge in [0.25, 0.3) is 5.91 Å². The largest absolute Gasteiger partial charge is 0.454 e. The SMILES string of the molecule is CCNC(=NCc1ccc(C(N)=O)o1)N1CC2(CCCC2)c2ccccc21. The van der Waals surface area contributed by atoms with Crippen molar-refractivity contribution in [2.45, 2.75) is 44.6 Å². The molecule has 4 rings (SSSR count). The highest BCUT2D eigenvalue weighted by atomic mass is 16.3. The Balaban J connectivity index is 1.62. The van der Waals surface area contributed by atoms with Crippen molar-refractivity contribution >= 4 is 17.6 Å².